The zero-order chi connectivity index (χ0) is 19.3. The fraction of sp³-hybridized carbons (Fsp3) is 0.733. The maximum atomic E-state index is 11.9. The number of hydrogen-bond acceptors (Lipinski definition) is 8. The van der Waals surface area contributed by atoms with Crippen molar-refractivity contribution in [2.24, 2.45) is 5.11 Å². The molecule has 144 valence electrons. The summed E-state index contributed by atoms with van der Waals surface area (Å²) in [5, 5.41) is 6.36. The molecule has 0 aromatic heterocycles. The van der Waals surface area contributed by atoms with Gasteiger partial charge >= 0.3 is 5.97 Å². The van der Waals surface area contributed by atoms with Gasteiger partial charge in [-0.05, 0) is 18.5 Å². The summed E-state index contributed by atoms with van der Waals surface area (Å²) in [7, 11) is 2.65. The van der Waals surface area contributed by atoms with Crippen molar-refractivity contribution in [3.8, 4) is 0 Å². The van der Waals surface area contributed by atoms with Gasteiger partial charge in [0, 0.05) is 18.9 Å². The smallest absolute Gasteiger partial charge is 0.372 e. The van der Waals surface area contributed by atoms with Crippen molar-refractivity contribution in [2.75, 3.05) is 20.8 Å². The predicted molar refractivity (Wildman–Crippen MR) is 86.6 cm³/mol. The lowest BCUT2D eigenvalue weighted by Gasteiger charge is -2.40. The lowest BCUT2D eigenvalue weighted by Crippen LogP contribution is -2.59. The molecular weight excluding hydrogens is 348 g/mol. The first kappa shape index (κ1) is 20.0. The predicted octanol–water partition coefficient (Wildman–Crippen LogP) is 0.402. The Kier molecular flexibility index (Phi) is 6.81. The quantitative estimate of drug-likeness (QED) is 0.309. The number of hydrogen-bond donors (Lipinski definition) is 1. The molecule has 0 radical (unpaired) electrons. The van der Waals surface area contributed by atoms with Gasteiger partial charge < -0.3 is 29.0 Å². The van der Waals surface area contributed by atoms with Gasteiger partial charge in [-0.25, -0.2) is 4.79 Å². The third-order valence-electron chi connectivity index (χ3n) is 4.07. The minimum absolute atomic E-state index is 0.134. The van der Waals surface area contributed by atoms with E-state index in [0.717, 1.165) is 0 Å². The number of methoxy groups -OCH3 is 2. The topological polar surface area (TPSA) is 141 Å². The second kappa shape index (κ2) is 8.86. The minimum atomic E-state index is -0.880. The van der Waals surface area contributed by atoms with E-state index >= 15 is 0 Å². The molecule has 0 spiro atoms. The Labute approximate surface area is 150 Å². The highest BCUT2D eigenvalue weighted by atomic mass is 16.7. The van der Waals surface area contributed by atoms with Crippen LogP contribution < -0.4 is 5.32 Å². The molecular formula is C15H22N4O7. The number of carbonyl (C=O) groups excluding carboxylic acids is 2. The fourth-order valence-corrected chi connectivity index (χ4v) is 2.99. The lowest BCUT2D eigenvalue weighted by atomic mass is 9.92. The number of carbonyl (C=O) groups is 2. The van der Waals surface area contributed by atoms with Crippen molar-refractivity contribution in [3.63, 3.8) is 0 Å². The van der Waals surface area contributed by atoms with E-state index in [1.807, 2.05) is 0 Å². The van der Waals surface area contributed by atoms with Crippen molar-refractivity contribution in [3.05, 3.63) is 22.3 Å². The SMILES string of the molecule is COC(=O)C1=C[C@H](N=[N+]=[N-])[C@@H](NC(C)=O)[C@H]([C@H](OC)[C@H]2COC(C)O2)O1. The summed E-state index contributed by atoms with van der Waals surface area (Å²) in [5.74, 6) is -1.23. The molecule has 2 rings (SSSR count). The average molecular weight is 370 g/mol. The summed E-state index contributed by atoms with van der Waals surface area (Å²) < 4.78 is 27.0. The van der Waals surface area contributed by atoms with E-state index in [0.29, 0.717) is 0 Å². The molecule has 1 saturated heterocycles. The van der Waals surface area contributed by atoms with E-state index in [1.165, 1.54) is 27.2 Å². The number of azide groups is 1. The summed E-state index contributed by atoms with van der Waals surface area (Å²) in [5.41, 5.74) is 8.86. The van der Waals surface area contributed by atoms with Crippen LogP contribution in [0.4, 0.5) is 0 Å². The van der Waals surface area contributed by atoms with Gasteiger partial charge in [-0.15, -0.1) is 0 Å². The Balaban J connectivity index is 2.40. The van der Waals surface area contributed by atoms with E-state index in [1.54, 1.807) is 6.92 Å². The van der Waals surface area contributed by atoms with Crippen molar-refractivity contribution >= 4 is 11.9 Å². The second-order valence-electron chi connectivity index (χ2n) is 5.80. The van der Waals surface area contributed by atoms with Crippen LogP contribution in [-0.4, -0.2) is 69.4 Å². The summed E-state index contributed by atoms with van der Waals surface area (Å²) >= 11 is 0. The van der Waals surface area contributed by atoms with Crippen LogP contribution in [0.3, 0.4) is 0 Å². The Hall–Kier alpha value is -2.33. The summed E-state index contributed by atoms with van der Waals surface area (Å²) in [4.78, 5) is 26.4. The average Bonchev–Trinajstić information content (AvgIpc) is 3.03. The van der Waals surface area contributed by atoms with Crippen LogP contribution in [0.5, 0.6) is 0 Å². The van der Waals surface area contributed by atoms with Crippen LogP contribution in [0.15, 0.2) is 16.9 Å². The number of nitrogens with zero attached hydrogens (tertiary/aromatic N) is 3. The third-order valence-corrected chi connectivity index (χ3v) is 4.07. The van der Waals surface area contributed by atoms with Crippen molar-refractivity contribution < 1.29 is 33.3 Å². The summed E-state index contributed by atoms with van der Waals surface area (Å²) in [6, 6.07) is -1.66. The fourth-order valence-electron chi connectivity index (χ4n) is 2.99. The molecule has 0 bridgehead atoms. The Bertz CT molecular complexity index is 619. The minimum Gasteiger partial charge on any atom is -0.478 e. The zero-order valence-corrected chi connectivity index (χ0v) is 14.9. The van der Waals surface area contributed by atoms with Gasteiger partial charge in [0.05, 0.1) is 25.8 Å². The van der Waals surface area contributed by atoms with Crippen LogP contribution in [0.25, 0.3) is 10.4 Å². The highest BCUT2D eigenvalue weighted by molar-refractivity contribution is 5.86. The van der Waals surface area contributed by atoms with E-state index in [-0.39, 0.29) is 18.3 Å². The first-order valence-electron chi connectivity index (χ1n) is 7.99. The Morgan fingerprint density at radius 1 is 1.46 bits per heavy atom. The molecule has 6 atom stereocenters. The second-order valence-corrected chi connectivity index (χ2v) is 5.80. The lowest BCUT2D eigenvalue weighted by molar-refractivity contribution is -0.152. The van der Waals surface area contributed by atoms with Crippen LogP contribution in [0, 0.1) is 0 Å². The maximum absolute atomic E-state index is 11.9. The number of ether oxygens (including phenoxy) is 5. The van der Waals surface area contributed by atoms with Crippen molar-refractivity contribution in [1.82, 2.24) is 5.32 Å². The van der Waals surface area contributed by atoms with Gasteiger partial charge in [0.15, 0.2) is 6.29 Å². The van der Waals surface area contributed by atoms with Gasteiger partial charge in [-0.3, -0.25) is 4.79 Å². The molecule has 11 heteroatoms. The molecule has 0 aliphatic carbocycles. The van der Waals surface area contributed by atoms with Gasteiger partial charge in [0.25, 0.3) is 0 Å². The maximum Gasteiger partial charge on any atom is 0.372 e. The Morgan fingerprint density at radius 2 is 2.19 bits per heavy atom. The molecule has 1 unspecified atom stereocenters. The number of rotatable bonds is 6. The molecule has 2 heterocycles. The molecule has 2 aliphatic rings. The monoisotopic (exact) mass is 370 g/mol. The van der Waals surface area contributed by atoms with Gasteiger partial charge in [-0.2, -0.15) is 0 Å². The molecule has 0 saturated carbocycles. The van der Waals surface area contributed by atoms with Crippen molar-refractivity contribution in [2.45, 2.75) is 50.5 Å². The summed E-state index contributed by atoms with van der Waals surface area (Å²) in [6.07, 6.45) is -1.20. The van der Waals surface area contributed by atoms with Gasteiger partial charge in [-0.1, -0.05) is 5.11 Å². The number of amides is 1. The molecule has 26 heavy (non-hydrogen) atoms. The largest absolute Gasteiger partial charge is 0.478 e. The first-order valence-corrected chi connectivity index (χ1v) is 7.99. The van der Waals surface area contributed by atoms with Gasteiger partial charge in [0.2, 0.25) is 11.7 Å². The highest BCUT2D eigenvalue weighted by Gasteiger charge is 2.46. The van der Waals surface area contributed by atoms with Crippen LogP contribution >= 0.6 is 0 Å². The summed E-state index contributed by atoms with van der Waals surface area (Å²) in [6.45, 7) is 3.31. The Morgan fingerprint density at radius 3 is 2.69 bits per heavy atom. The van der Waals surface area contributed by atoms with Crippen LogP contribution in [0.2, 0.25) is 0 Å². The van der Waals surface area contributed by atoms with Crippen LogP contribution in [0.1, 0.15) is 13.8 Å². The molecule has 2 aliphatic heterocycles. The van der Waals surface area contributed by atoms with E-state index < -0.39 is 42.7 Å². The molecule has 0 aromatic carbocycles. The molecule has 11 nitrogen and oxygen atoms in total. The molecule has 1 amide bonds. The highest BCUT2D eigenvalue weighted by Crippen LogP contribution is 2.29. The standard InChI is InChI=1S/C15H22N4O7/c1-7(20)17-12-9(18-19-16)5-10(15(21)23-4)26-14(12)13(22-3)11-6-24-8(2)25-11/h5,8-9,11-14H,6H2,1-4H3,(H,17,20)/t8?,9-,11+,12+,13+,14+/m0/s1. The van der Waals surface area contributed by atoms with Gasteiger partial charge in [0.1, 0.15) is 18.3 Å². The third kappa shape index (κ3) is 4.44. The van der Waals surface area contributed by atoms with E-state index in [4.69, 9.17) is 24.5 Å². The number of esters is 1. The zero-order valence-electron chi connectivity index (χ0n) is 14.9. The normalized spacial score (nSPS) is 31.8. The van der Waals surface area contributed by atoms with Crippen molar-refractivity contribution in [1.29, 1.82) is 0 Å². The van der Waals surface area contributed by atoms with Crippen LogP contribution in [-0.2, 0) is 33.3 Å². The van der Waals surface area contributed by atoms with E-state index in [2.05, 4.69) is 20.1 Å². The molecule has 1 N–H and O–H groups in total. The van der Waals surface area contributed by atoms with E-state index in [9.17, 15) is 9.59 Å². The molecule has 1 fully saturated rings. The molecule has 0 aromatic rings. The first-order chi connectivity index (χ1) is 12.4. The number of nitrogens with one attached hydrogen (secondary N) is 1.